The van der Waals surface area contributed by atoms with E-state index in [4.69, 9.17) is 23.2 Å². The molecule has 9 heteroatoms. The van der Waals surface area contributed by atoms with E-state index in [9.17, 15) is 4.79 Å². The Kier molecular flexibility index (Phi) is 5.17. The molecule has 0 aliphatic rings. The second-order valence-corrected chi connectivity index (χ2v) is 7.27. The zero-order chi connectivity index (χ0) is 18.1. The van der Waals surface area contributed by atoms with E-state index in [1.807, 2.05) is 31.2 Å². The van der Waals surface area contributed by atoms with Crippen LogP contribution < -0.4 is 5.32 Å². The van der Waals surface area contributed by atoms with Gasteiger partial charge in [-0.25, -0.2) is 4.98 Å². The first kappa shape index (κ1) is 18.0. The van der Waals surface area contributed by atoms with Gasteiger partial charge in [0.05, 0.1) is 21.5 Å². The number of hydrogen-bond acceptors (Lipinski definition) is 5. The second-order valence-electron chi connectivity index (χ2n) is 5.55. The van der Waals surface area contributed by atoms with Crippen LogP contribution in [0.5, 0.6) is 0 Å². The van der Waals surface area contributed by atoms with Crippen molar-refractivity contribution in [3.8, 4) is 0 Å². The first-order valence-corrected chi connectivity index (χ1v) is 9.17. The summed E-state index contributed by atoms with van der Waals surface area (Å²) in [6.45, 7) is 5.70. The minimum absolute atomic E-state index is 0.148. The predicted molar refractivity (Wildman–Crippen MR) is 101 cm³/mol. The number of nitrogens with zero attached hydrogens (tertiary/aromatic N) is 4. The van der Waals surface area contributed by atoms with Gasteiger partial charge in [-0.2, -0.15) is 0 Å². The maximum Gasteiger partial charge on any atom is 0.256 e. The van der Waals surface area contributed by atoms with Crippen LogP contribution in [0.4, 0.5) is 5.69 Å². The van der Waals surface area contributed by atoms with Crippen molar-refractivity contribution in [3.05, 3.63) is 45.2 Å². The molecule has 0 atom stereocenters. The zero-order valence-corrected chi connectivity index (χ0v) is 16.1. The van der Waals surface area contributed by atoms with E-state index in [0.29, 0.717) is 26.7 Å². The highest BCUT2D eigenvalue weighted by atomic mass is 35.5. The summed E-state index contributed by atoms with van der Waals surface area (Å²) in [5.41, 5.74) is 3.10. The Bertz CT molecular complexity index is 973. The lowest BCUT2D eigenvalue weighted by atomic mass is 10.2. The molecule has 130 valence electrons. The fourth-order valence-corrected chi connectivity index (χ4v) is 3.62. The average Bonchev–Trinajstić information content (AvgIpc) is 2.96. The second kappa shape index (κ2) is 7.19. The zero-order valence-electron chi connectivity index (χ0n) is 13.8. The molecule has 1 amide bonds. The highest BCUT2D eigenvalue weighted by Crippen LogP contribution is 2.33. The number of benzene rings is 1. The average molecular weight is 396 g/mol. The summed E-state index contributed by atoms with van der Waals surface area (Å²) >= 11 is 13.6. The number of anilines is 1. The molecule has 0 saturated carbocycles. The molecule has 0 aliphatic heterocycles. The number of aromatic nitrogens is 4. The summed E-state index contributed by atoms with van der Waals surface area (Å²) in [4.78, 5) is 16.6. The lowest BCUT2D eigenvalue weighted by molar-refractivity contribution is -0.113. The molecule has 1 aromatic carbocycles. The van der Waals surface area contributed by atoms with Crippen molar-refractivity contribution < 1.29 is 4.79 Å². The third-order valence-corrected chi connectivity index (χ3v) is 5.28. The molecule has 0 unspecified atom stereocenters. The third-order valence-electron chi connectivity index (χ3n) is 3.54. The van der Waals surface area contributed by atoms with E-state index in [1.165, 1.54) is 11.8 Å². The molecule has 3 rings (SSSR count). The Morgan fingerprint density at radius 1 is 1.24 bits per heavy atom. The van der Waals surface area contributed by atoms with Crippen molar-refractivity contribution in [1.29, 1.82) is 0 Å². The van der Waals surface area contributed by atoms with Gasteiger partial charge in [0.15, 0.2) is 5.16 Å². The molecule has 0 saturated heterocycles. The smallest absolute Gasteiger partial charge is 0.256 e. The SMILES string of the molecule is Cc1cc(C)n2c(SCC(=O)Nc3c(Cl)ccc(C)c3Cl)nnc2n1. The van der Waals surface area contributed by atoms with E-state index in [1.54, 1.807) is 12.1 Å². The maximum atomic E-state index is 12.3. The summed E-state index contributed by atoms with van der Waals surface area (Å²) < 4.78 is 1.82. The minimum atomic E-state index is -0.228. The Morgan fingerprint density at radius 3 is 2.76 bits per heavy atom. The number of amides is 1. The topological polar surface area (TPSA) is 72.2 Å². The van der Waals surface area contributed by atoms with Gasteiger partial charge in [0.25, 0.3) is 5.78 Å². The number of nitrogens with one attached hydrogen (secondary N) is 1. The molecule has 0 radical (unpaired) electrons. The van der Waals surface area contributed by atoms with Crippen LogP contribution in [-0.2, 0) is 4.79 Å². The molecule has 6 nitrogen and oxygen atoms in total. The number of rotatable bonds is 4. The van der Waals surface area contributed by atoms with E-state index >= 15 is 0 Å². The number of aryl methyl sites for hydroxylation is 3. The molecule has 2 heterocycles. The number of fused-ring (bicyclic) bond motifs is 1. The maximum absolute atomic E-state index is 12.3. The fourth-order valence-electron chi connectivity index (χ4n) is 2.37. The van der Waals surface area contributed by atoms with E-state index in [0.717, 1.165) is 17.0 Å². The molecule has 0 bridgehead atoms. The summed E-state index contributed by atoms with van der Waals surface area (Å²) in [7, 11) is 0. The Hall–Kier alpha value is -1.83. The minimum Gasteiger partial charge on any atom is -0.323 e. The van der Waals surface area contributed by atoms with Crippen molar-refractivity contribution in [2.24, 2.45) is 0 Å². The molecule has 25 heavy (non-hydrogen) atoms. The van der Waals surface area contributed by atoms with Gasteiger partial charge in [0.1, 0.15) is 0 Å². The summed E-state index contributed by atoms with van der Waals surface area (Å²) in [6, 6.07) is 5.44. The highest BCUT2D eigenvalue weighted by molar-refractivity contribution is 7.99. The largest absolute Gasteiger partial charge is 0.323 e. The van der Waals surface area contributed by atoms with Gasteiger partial charge >= 0.3 is 0 Å². The van der Waals surface area contributed by atoms with Crippen LogP contribution in [0, 0.1) is 20.8 Å². The monoisotopic (exact) mass is 395 g/mol. The van der Waals surface area contributed by atoms with Crippen molar-refractivity contribution in [3.63, 3.8) is 0 Å². The number of halogens is 2. The summed E-state index contributed by atoms with van der Waals surface area (Å²) in [5.74, 6) is 0.438. The van der Waals surface area contributed by atoms with Gasteiger partial charge < -0.3 is 5.32 Å². The van der Waals surface area contributed by atoms with Crippen LogP contribution in [0.3, 0.4) is 0 Å². The van der Waals surface area contributed by atoms with Crippen molar-refractivity contribution in [2.75, 3.05) is 11.1 Å². The van der Waals surface area contributed by atoms with E-state index in [2.05, 4.69) is 20.5 Å². The quantitative estimate of drug-likeness (QED) is 0.673. The molecule has 3 aromatic rings. The number of thioether (sulfide) groups is 1. The van der Waals surface area contributed by atoms with Crippen molar-refractivity contribution >= 4 is 52.3 Å². The molecule has 0 spiro atoms. The lowest BCUT2D eigenvalue weighted by Crippen LogP contribution is -2.15. The molecule has 0 fully saturated rings. The van der Waals surface area contributed by atoms with Crippen molar-refractivity contribution in [2.45, 2.75) is 25.9 Å². The standard InChI is InChI=1S/C16H15Cl2N5OS/c1-8-4-5-11(17)14(13(8)18)20-12(24)7-25-16-22-21-15-19-9(2)6-10(3)23(15)16/h4-6H,7H2,1-3H3,(H,20,24). The van der Waals surface area contributed by atoms with Crippen LogP contribution in [-0.4, -0.2) is 31.2 Å². The molecule has 2 aromatic heterocycles. The Balaban J connectivity index is 1.75. The van der Waals surface area contributed by atoms with Gasteiger partial charge in [-0.1, -0.05) is 41.0 Å². The van der Waals surface area contributed by atoms with Gasteiger partial charge in [0.2, 0.25) is 5.91 Å². The van der Waals surface area contributed by atoms with E-state index in [-0.39, 0.29) is 11.7 Å². The molecular formula is C16H15Cl2N5OS. The van der Waals surface area contributed by atoms with Gasteiger partial charge in [-0.3, -0.25) is 9.20 Å². The van der Waals surface area contributed by atoms with Crippen molar-refractivity contribution in [1.82, 2.24) is 19.6 Å². The summed E-state index contributed by atoms with van der Waals surface area (Å²) in [6.07, 6.45) is 0. The van der Waals surface area contributed by atoms with Gasteiger partial charge in [-0.15, -0.1) is 10.2 Å². The first-order valence-electron chi connectivity index (χ1n) is 7.43. The number of hydrogen-bond donors (Lipinski definition) is 1. The van der Waals surface area contributed by atoms with Crippen LogP contribution in [0.15, 0.2) is 23.4 Å². The van der Waals surface area contributed by atoms with Crippen LogP contribution >= 0.6 is 35.0 Å². The van der Waals surface area contributed by atoms with Crippen LogP contribution in [0.25, 0.3) is 5.78 Å². The fraction of sp³-hybridized carbons (Fsp3) is 0.250. The van der Waals surface area contributed by atoms with Crippen LogP contribution in [0.2, 0.25) is 10.0 Å². The third kappa shape index (κ3) is 3.73. The normalized spacial score (nSPS) is 11.1. The molecule has 0 aliphatic carbocycles. The lowest BCUT2D eigenvalue weighted by Gasteiger charge is -2.11. The predicted octanol–water partition coefficient (Wildman–Crippen LogP) is 4.09. The number of carbonyl (C=O) groups is 1. The first-order chi connectivity index (χ1) is 11.9. The molecular weight excluding hydrogens is 381 g/mol. The Labute approximate surface area is 158 Å². The van der Waals surface area contributed by atoms with Crippen LogP contribution in [0.1, 0.15) is 17.0 Å². The van der Waals surface area contributed by atoms with Gasteiger partial charge in [-0.05, 0) is 38.5 Å². The Morgan fingerprint density at radius 2 is 2.00 bits per heavy atom. The molecule has 1 N–H and O–H groups in total. The summed E-state index contributed by atoms with van der Waals surface area (Å²) in [5, 5.41) is 12.4. The van der Waals surface area contributed by atoms with E-state index < -0.39 is 0 Å². The highest BCUT2D eigenvalue weighted by Gasteiger charge is 2.15. The van der Waals surface area contributed by atoms with Gasteiger partial charge in [0, 0.05) is 11.4 Å². The number of carbonyl (C=O) groups excluding carboxylic acids is 1.